The molecule has 1 aliphatic carbocycles. The van der Waals surface area contributed by atoms with E-state index in [1.165, 1.54) is 0 Å². The van der Waals surface area contributed by atoms with Gasteiger partial charge in [0.05, 0.1) is 12.1 Å². The zero-order chi connectivity index (χ0) is 17.4. The molecule has 6 nitrogen and oxygen atoms in total. The number of hydrogen-bond donors (Lipinski definition) is 1. The van der Waals surface area contributed by atoms with Gasteiger partial charge in [-0.25, -0.2) is 0 Å². The minimum atomic E-state index is -0.522. The predicted molar refractivity (Wildman–Crippen MR) is 92.1 cm³/mol. The number of aromatic nitrogens is 2. The zero-order valence-corrected chi connectivity index (χ0v) is 14.4. The van der Waals surface area contributed by atoms with E-state index in [-0.39, 0.29) is 11.9 Å². The molecular weight excluding hydrogens is 318 g/mol. The Bertz CT molecular complexity index is 767. The Morgan fingerprint density at radius 2 is 2.16 bits per heavy atom. The highest BCUT2D eigenvalue weighted by Gasteiger charge is 2.31. The minimum absolute atomic E-state index is 0.0432. The van der Waals surface area contributed by atoms with Gasteiger partial charge in [-0.05, 0) is 51.2 Å². The van der Waals surface area contributed by atoms with E-state index >= 15 is 0 Å². The van der Waals surface area contributed by atoms with Crippen LogP contribution in [0.2, 0.25) is 0 Å². The topological polar surface area (TPSA) is 79.5 Å². The molecule has 2 aliphatic rings. The lowest BCUT2D eigenvalue weighted by molar-refractivity contribution is 0.0281. The zero-order valence-electron chi connectivity index (χ0n) is 14.4. The van der Waals surface area contributed by atoms with Crippen molar-refractivity contribution in [1.29, 1.82) is 0 Å². The molecule has 2 aromatic rings. The number of amides is 1. The second-order valence-electron chi connectivity index (χ2n) is 7.11. The first kappa shape index (κ1) is 16.3. The van der Waals surface area contributed by atoms with Crippen molar-refractivity contribution < 1.29 is 14.4 Å². The largest absolute Gasteiger partial charge is 0.391 e. The normalized spacial score (nSPS) is 22.0. The summed E-state index contributed by atoms with van der Waals surface area (Å²) in [5.74, 6) is 1.59. The molecule has 4 rings (SSSR count). The number of rotatable bonds is 4. The Labute approximate surface area is 146 Å². The Balaban J connectivity index is 1.58. The highest BCUT2D eigenvalue weighted by Crippen LogP contribution is 2.39. The van der Waals surface area contributed by atoms with Gasteiger partial charge < -0.3 is 14.5 Å². The molecular formula is C19H23N3O3. The van der Waals surface area contributed by atoms with Gasteiger partial charge in [0, 0.05) is 23.6 Å². The molecule has 2 atom stereocenters. The predicted octanol–water partition coefficient (Wildman–Crippen LogP) is 2.99. The quantitative estimate of drug-likeness (QED) is 0.925. The molecule has 1 aliphatic heterocycles. The van der Waals surface area contributed by atoms with Gasteiger partial charge in [0.1, 0.15) is 0 Å². The second kappa shape index (κ2) is 6.59. The summed E-state index contributed by atoms with van der Waals surface area (Å²) in [6.45, 7) is 2.44. The molecule has 0 bridgehead atoms. The fraction of sp³-hybridized carbons (Fsp3) is 0.526. The number of aliphatic hydroxyl groups excluding tert-OH is 1. The van der Waals surface area contributed by atoms with Gasteiger partial charge in [0.15, 0.2) is 0 Å². The van der Waals surface area contributed by atoms with Crippen molar-refractivity contribution in [2.24, 2.45) is 0 Å². The molecule has 1 amide bonds. The van der Waals surface area contributed by atoms with Gasteiger partial charge >= 0.3 is 0 Å². The van der Waals surface area contributed by atoms with Crippen LogP contribution in [0, 0.1) is 0 Å². The SMILES string of the molecule is CC(O)C1CCCCN1C(=O)c1cccc(-c2noc(C3CC3)n2)c1. The van der Waals surface area contributed by atoms with Crippen LogP contribution in [-0.2, 0) is 0 Å². The maximum atomic E-state index is 13.0. The van der Waals surface area contributed by atoms with Crippen LogP contribution in [-0.4, -0.2) is 44.7 Å². The van der Waals surface area contributed by atoms with E-state index in [2.05, 4.69) is 10.1 Å². The lowest BCUT2D eigenvalue weighted by Crippen LogP contribution is -2.48. The van der Waals surface area contributed by atoms with Crippen LogP contribution in [0.5, 0.6) is 0 Å². The molecule has 2 fully saturated rings. The standard InChI is InChI=1S/C19H23N3O3/c1-12(23)16-7-2-3-10-22(16)19(24)15-6-4-5-14(11-15)17-20-18(25-21-17)13-8-9-13/h4-6,11-13,16,23H,2-3,7-10H2,1H3. The number of hydrogen-bond acceptors (Lipinski definition) is 5. The number of piperidine rings is 1. The van der Waals surface area contributed by atoms with E-state index in [1.54, 1.807) is 17.9 Å². The number of nitrogens with zero attached hydrogens (tertiary/aromatic N) is 3. The molecule has 1 aromatic carbocycles. The van der Waals surface area contributed by atoms with Gasteiger partial charge in [0.2, 0.25) is 11.7 Å². The summed E-state index contributed by atoms with van der Waals surface area (Å²) in [7, 11) is 0. The van der Waals surface area contributed by atoms with Gasteiger partial charge in [0.25, 0.3) is 5.91 Å². The van der Waals surface area contributed by atoms with Crippen molar-refractivity contribution in [1.82, 2.24) is 15.0 Å². The molecule has 2 heterocycles. The first-order chi connectivity index (χ1) is 12.1. The van der Waals surface area contributed by atoms with Gasteiger partial charge in [-0.15, -0.1) is 0 Å². The highest BCUT2D eigenvalue weighted by molar-refractivity contribution is 5.95. The molecule has 1 saturated heterocycles. The van der Waals surface area contributed by atoms with Crippen molar-refractivity contribution >= 4 is 5.91 Å². The fourth-order valence-corrected chi connectivity index (χ4v) is 3.52. The van der Waals surface area contributed by atoms with Crippen LogP contribution >= 0.6 is 0 Å². The Morgan fingerprint density at radius 3 is 2.92 bits per heavy atom. The first-order valence-electron chi connectivity index (χ1n) is 9.06. The summed E-state index contributed by atoms with van der Waals surface area (Å²) in [4.78, 5) is 19.2. The molecule has 1 aromatic heterocycles. The molecule has 2 unspecified atom stereocenters. The van der Waals surface area contributed by atoms with E-state index in [0.717, 1.165) is 37.7 Å². The molecule has 0 spiro atoms. The number of likely N-dealkylation sites (tertiary alicyclic amines) is 1. The third-order valence-corrected chi connectivity index (χ3v) is 5.10. The maximum Gasteiger partial charge on any atom is 0.254 e. The molecule has 25 heavy (non-hydrogen) atoms. The van der Waals surface area contributed by atoms with Crippen LogP contribution in [0.4, 0.5) is 0 Å². The summed E-state index contributed by atoms with van der Waals surface area (Å²) in [5, 5.41) is 14.1. The summed E-state index contributed by atoms with van der Waals surface area (Å²) in [6, 6.07) is 7.24. The maximum absolute atomic E-state index is 13.0. The Morgan fingerprint density at radius 1 is 1.32 bits per heavy atom. The Kier molecular flexibility index (Phi) is 4.29. The summed E-state index contributed by atoms with van der Waals surface area (Å²) >= 11 is 0. The third kappa shape index (κ3) is 3.31. The summed E-state index contributed by atoms with van der Waals surface area (Å²) in [6.07, 6.45) is 4.56. The van der Waals surface area contributed by atoms with Crippen molar-refractivity contribution in [2.45, 2.75) is 57.1 Å². The van der Waals surface area contributed by atoms with E-state index < -0.39 is 6.10 Å². The monoisotopic (exact) mass is 341 g/mol. The molecule has 1 N–H and O–H groups in total. The molecule has 6 heteroatoms. The van der Waals surface area contributed by atoms with Crippen molar-refractivity contribution in [2.75, 3.05) is 6.54 Å². The average Bonchev–Trinajstić information content (AvgIpc) is 3.38. The highest BCUT2D eigenvalue weighted by atomic mass is 16.5. The van der Waals surface area contributed by atoms with Gasteiger partial charge in [-0.1, -0.05) is 17.3 Å². The first-order valence-corrected chi connectivity index (χ1v) is 9.06. The third-order valence-electron chi connectivity index (χ3n) is 5.10. The number of carbonyl (C=O) groups is 1. The van der Waals surface area contributed by atoms with Crippen LogP contribution in [0.3, 0.4) is 0 Å². The van der Waals surface area contributed by atoms with E-state index in [1.807, 2.05) is 18.2 Å². The minimum Gasteiger partial charge on any atom is -0.391 e. The van der Waals surface area contributed by atoms with Crippen molar-refractivity contribution in [3.8, 4) is 11.4 Å². The number of carbonyl (C=O) groups excluding carboxylic acids is 1. The second-order valence-corrected chi connectivity index (χ2v) is 7.11. The van der Waals surface area contributed by atoms with E-state index in [0.29, 0.717) is 29.7 Å². The van der Waals surface area contributed by atoms with Crippen molar-refractivity contribution in [3.05, 3.63) is 35.7 Å². The summed E-state index contributed by atoms with van der Waals surface area (Å²) in [5.41, 5.74) is 1.38. The summed E-state index contributed by atoms with van der Waals surface area (Å²) < 4.78 is 5.32. The number of benzene rings is 1. The number of aliphatic hydroxyl groups is 1. The fourth-order valence-electron chi connectivity index (χ4n) is 3.52. The van der Waals surface area contributed by atoms with Crippen LogP contribution in [0.25, 0.3) is 11.4 Å². The smallest absolute Gasteiger partial charge is 0.254 e. The van der Waals surface area contributed by atoms with Crippen LogP contribution < -0.4 is 0 Å². The van der Waals surface area contributed by atoms with Crippen LogP contribution in [0.15, 0.2) is 28.8 Å². The van der Waals surface area contributed by atoms with Gasteiger partial charge in [-0.3, -0.25) is 4.79 Å². The average molecular weight is 341 g/mol. The lowest BCUT2D eigenvalue weighted by atomic mass is 9.97. The lowest BCUT2D eigenvalue weighted by Gasteiger charge is -2.37. The van der Waals surface area contributed by atoms with E-state index in [9.17, 15) is 9.90 Å². The van der Waals surface area contributed by atoms with Crippen molar-refractivity contribution in [3.63, 3.8) is 0 Å². The molecule has 0 radical (unpaired) electrons. The van der Waals surface area contributed by atoms with Gasteiger partial charge in [-0.2, -0.15) is 4.98 Å². The molecule has 1 saturated carbocycles. The Hall–Kier alpha value is -2.21. The molecule has 132 valence electrons. The van der Waals surface area contributed by atoms with Crippen LogP contribution in [0.1, 0.15) is 61.2 Å². The van der Waals surface area contributed by atoms with E-state index in [4.69, 9.17) is 4.52 Å².